The summed E-state index contributed by atoms with van der Waals surface area (Å²) in [6.45, 7) is 1.48. The molecule has 106 valence electrons. The zero-order chi connectivity index (χ0) is 14.9. The van der Waals surface area contributed by atoms with Gasteiger partial charge < -0.3 is 9.84 Å². The van der Waals surface area contributed by atoms with E-state index in [0.29, 0.717) is 15.7 Å². The van der Waals surface area contributed by atoms with Crippen LogP contribution in [0.5, 0.6) is 11.6 Å². The summed E-state index contributed by atoms with van der Waals surface area (Å²) in [6, 6.07) is 4.49. The quantitative estimate of drug-likeness (QED) is 0.681. The maximum atomic E-state index is 11.0. The van der Waals surface area contributed by atoms with Crippen LogP contribution >= 0.6 is 15.9 Å². The normalized spacial score (nSPS) is 10.6. The molecular weight excluding hydrogens is 330 g/mol. The van der Waals surface area contributed by atoms with Gasteiger partial charge in [0.05, 0.1) is 22.8 Å². The van der Waals surface area contributed by atoms with Gasteiger partial charge in [0.25, 0.3) is 0 Å². The van der Waals surface area contributed by atoms with E-state index >= 15 is 0 Å². The lowest BCUT2D eigenvalue weighted by atomic mass is 10.2. The third kappa shape index (κ3) is 2.66. The molecule has 8 heteroatoms. The molecule has 0 aliphatic heterocycles. The van der Waals surface area contributed by atoms with Gasteiger partial charge >= 0.3 is 5.69 Å². The molecule has 0 unspecified atom stereocenters. The van der Waals surface area contributed by atoms with Crippen molar-refractivity contribution in [2.24, 2.45) is 7.05 Å². The lowest BCUT2D eigenvalue weighted by Crippen LogP contribution is -1.99. The second-order valence-electron chi connectivity index (χ2n) is 4.12. The minimum Gasteiger partial charge on any atom is -0.432 e. The van der Waals surface area contributed by atoms with Crippen LogP contribution in [0.15, 0.2) is 22.7 Å². The van der Waals surface area contributed by atoms with Crippen LogP contribution in [0.3, 0.4) is 0 Å². The largest absolute Gasteiger partial charge is 0.432 e. The van der Waals surface area contributed by atoms with E-state index in [4.69, 9.17) is 4.74 Å². The van der Waals surface area contributed by atoms with Gasteiger partial charge in [-0.3, -0.25) is 10.1 Å². The van der Waals surface area contributed by atoms with Crippen molar-refractivity contribution in [1.82, 2.24) is 9.78 Å². The van der Waals surface area contributed by atoms with E-state index in [1.807, 2.05) is 0 Å². The van der Waals surface area contributed by atoms with Crippen molar-refractivity contribution in [3.63, 3.8) is 0 Å². The number of aromatic nitrogens is 2. The molecule has 2 aromatic rings. The van der Waals surface area contributed by atoms with Crippen molar-refractivity contribution in [3.8, 4) is 11.6 Å². The first-order chi connectivity index (χ1) is 9.43. The van der Waals surface area contributed by atoms with Crippen LogP contribution in [0.25, 0.3) is 0 Å². The fraction of sp³-hybridized carbons (Fsp3) is 0.250. The zero-order valence-corrected chi connectivity index (χ0v) is 12.4. The van der Waals surface area contributed by atoms with Crippen molar-refractivity contribution < 1.29 is 14.8 Å². The van der Waals surface area contributed by atoms with E-state index < -0.39 is 4.92 Å². The Hall–Kier alpha value is -1.93. The molecule has 0 aliphatic rings. The van der Waals surface area contributed by atoms with Gasteiger partial charge in [0.1, 0.15) is 0 Å². The fourth-order valence-electron chi connectivity index (χ4n) is 1.81. The van der Waals surface area contributed by atoms with Gasteiger partial charge in [0.15, 0.2) is 0 Å². The Morgan fingerprint density at radius 1 is 1.55 bits per heavy atom. The van der Waals surface area contributed by atoms with Crippen LogP contribution in [0, 0.1) is 17.0 Å². The van der Waals surface area contributed by atoms with E-state index in [-0.39, 0.29) is 23.9 Å². The molecule has 0 atom stereocenters. The Bertz CT molecular complexity index is 669. The first-order valence-corrected chi connectivity index (χ1v) is 6.48. The Kier molecular flexibility index (Phi) is 4.05. The topological polar surface area (TPSA) is 90.4 Å². The highest BCUT2D eigenvalue weighted by Gasteiger charge is 2.20. The molecule has 1 aromatic heterocycles. The van der Waals surface area contributed by atoms with E-state index in [9.17, 15) is 15.2 Å². The molecular formula is C12H12BrN3O4. The molecule has 0 radical (unpaired) electrons. The summed E-state index contributed by atoms with van der Waals surface area (Å²) in [5.74, 6) is 0.381. The third-order valence-electron chi connectivity index (χ3n) is 2.77. The molecule has 0 fully saturated rings. The number of rotatable bonds is 4. The summed E-state index contributed by atoms with van der Waals surface area (Å²) in [5.41, 5.74) is 0.955. The van der Waals surface area contributed by atoms with Crippen LogP contribution in [0.2, 0.25) is 0 Å². The summed E-state index contributed by atoms with van der Waals surface area (Å²) in [6.07, 6.45) is 0. The lowest BCUT2D eigenvalue weighted by molar-refractivity contribution is -0.385. The summed E-state index contributed by atoms with van der Waals surface area (Å²) >= 11 is 3.18. The Labute approximate surface area is 123 Å². The van der Waals surface area contributed by atoms with Gasteiger partial charge in [-0.1, -0.05) is 15.9 Å². The molecule has 1 heterocycles. The van der Waals surface area contributed by atoms with Crippen LogP contribution < -0.4 is 4.74 Å². The second-order valence-corrected chi connectivity index (χ2v) is 5.04. The second kappa shape index (κ2) is 5.59. The number of aryl methyl sites for hydroxylation is 2. The van der Waals surface area contributed by atoms with Crippen LogP contribution in [-0.4, -0.2) is 19.8 Å². The highest BCUT2D eigenvalue weighted by molar-refractivity contribution is 9.10. The number of nitrogens with zero attached hydrogens (tertiary/aromatic N) is 3. The highest BCUT2D eigenvalue weighted by Crippen LogP contribution is 2.35. The number of hydrogen-bond acceptors (Lipinski definition) is 5. The summed E-state index contributed by atoms with van der Waals surface area (Å²) in [5, 5.41) is 24.5. The number of aliphatic hydroxyl groups excluding tert-OH is 1. The van der Waals surface area contributed by atoms with Crippen molar-refractivity contribution in [2.75, 3.05) is 0 Å². The van der Waals surface area contributed by atoms with Crippen LogP contribution in [0.4, 0.5) is 5.69 Å². The predicted molar refractivity (Wildman–Crippen MR) is 74.7 cm³/mol. The van der Waals surface area contributed by atoms with Crippen LogP contribution in [0.1, 0.15) is 11.3 Å². The molecule has 20 heavy (non-hydrogen) atoms. The monoisotopic (exact) mass is 341 g/mol. The average molecular weight is 342 g/mol. The van der Waals surface area contributed by atoms with Crippen LogP contribution in [-0.2, 0) is 13.7 Å². The SMILES string of the molecule is Cc1nn(C)c(Oc2ccc(Br)cc2[N+](=O)[O-])c1CO. The number of halogens is 1. The molecule has 0 amide bonds. The Balaban J connectivity index is 2.48. The number of nitro benzene ring substituents is 1. The minimum absolute atomic E-state index is 0.0934. The van der Waals surface area contributed by atoms with Gasteiger partial charge in [-0.05, 0) is 19.1 Å². The molecule has 0 bridgehead atoms. The highest BCUT2D eigenvalue weighted by atomic mass is 79.9. The van der Waals surface area contributed by atoms with Crippen molar-refractivity contribution in [2.45, 2.75) is 13.5 Å². The molecule has 0 saturated heterocycles. The minimum atomic E-state index is -0.526. The smallest absolute Gasteiger partial charge is 0.312 e. The molecule has 0 spiro atoms. The molecule has 1 N–H and O–H groups in total. The lowest BCUT2D eigenvalue weighted by Gasteiger charge is -2.08. The molecule has 7 nitrogen and oxygen atoms in total. The number of aliphatic hydroxyl groups is 1. The van der Waals surface area contributed by atoms with E-state index in [2.05, 4.69) is 21.0 Å². The van der Waals surface area contributed by atoms with Gasteiger partial charge in [-0.15, -0.1) is 0 Å². The van der Waals surface area contributed by atoms with Gasteiger partial charge in [0.2, 0.25) is 11.6 Å². The van der Waals surface area contributed by atoms with Gasteiger partial charge in [-0.2, -0.15) is 5.10 Å². The summed E-state index contributed by atoms with van der Waals surface area (Å²) < 4.78 is 7.60. The fourth-order valence-corrected chi connectivity index (χ4v) is 2.16. The first kappa shape index (κ1) is 14.5. The molecule has 2 rings (SSSR count). The predicted octanol–water partition coefficient (Wildman–Crippen LogP) is 2.68. The zero-order valence-electron chi connectivity index (χ0n) is 10.8. The van der Waals surface area contributed by atoms with Crippen molar-refractivity contribution >= 4 is 21.6 Å². The number of benzene rings is 1. The van der Waals surface area contributed by atoms with Gasteiger partial charge in [-0.25, -0.2) is 4.68 Å². The number of hydrogen-bond donors (Lipinski definition) is 1. The molecule has 1 aromatic carbocycles. The van der Waals surface area contributed by atoms with Crippen molar-refractivity contribution in [1.29, 1.82) is 0 Å². The summed E-state index contributed by atoms with van der Waals surface area (Å²) in [4.78, 5) is 10.5. The molecule has 0 saturated carbocycles. The maximum Gasteiger partial charge on any atom is 0.312 e. The van der Waals surface area contributed by atoms with E-state index in [1.54, 1.807) is 20.0 Å². The maximum absolute atomic E-state index is 11.0. The molecule has 0 aliphatic carbocycles. The Morgan fingerprint density at radius 3 is 2.85 bits per heavy atom. The number of ether oxygens (including phenoxy) is 1. The summed E-state index contributed by atoms with van der Waals surface area (Å²) in [7, 11) is 1.65. The third-order valence-corrected chi connectivity index (χ3v) is 3.26. The number of nitro groups is 1. The van der Waals surface area contributed by atoms with E-state index in [0.717, 1.165) is 0 Å². The van der Waals surface area contributed by atoms with Gasteiger partial charge in [0, 0.05) is 17.6 Å². The first-order valence-electron chi connectivity index (χ1n) is 5.69. The van der Waals surface area contributed by atoms with E-state index in [1.165, 1.54) is 16.8 Å². The Morgan fingerprint density at radius 2 is 2.25 bits per heavy atom. The standard InChI is InChI=1S/C12H12BrN3O4/c1-7-9(6-17)12(15(2)14-7)20-11-4-3-8(13)5-10(11)16(18)19/h3-5,17H,6H2,1-2H3. The average Bonchev–Trinajstić information content (AvgIpc) is 2.65. The van der Waals surface area contributed by atoms with Crippen molar-refractivity contribution in [3.05, 3.63) is 44.0 Å².